The van der Waals surface area contributed by atoms with Crippen molar-refractivity contribution in [1.29, 1.82) is 0 Å². The zero-order valence-corrected chi connectivity index (χ0v) is 16.9. The summed E-state index contributed by atoms with van der Waals surface area (Å²) in [6.45, 7) is 4.20. The van der Waals surface area contributed by atoms with Gasteiger partial charge in [-0.05, 0) is 49.2 Å². The summed E-state index contributed by atoms with van der Waals surface area (Å²) in [7, 11) is 0. The molecule has 0 aromatic heterocycles. The summed E-state index contributed by atoms with van der Waals surface area (Å²) in [4.78, 5) is 0.930. The molecular formula is C26H22OS. The Morgan fingerprint density at radius 1 is 0.571 bits per heavy atom. The Morgan fingerprint density at radius 3 is 1.68 bits per heavy atom. The molecule has 0 saturated heterocycles. The maximum absolute atomic E-state index is 6.30. The number of rotatable bonds is 4. The molecule has 4 aromatic rings. The van der Waals surface area contributed by atoms with Crippen LogP contribution in [0.25, 0.3) is 22.3 Å². The van der Waals surface area contributed by atoms with Gasteiger partial charge >= 0.3 is 0 Å². The highest BCUT2D eigenvalue weighted by atomic mass is 32.1. The molecule has 0 fully saturated rings. The molecule has 1 nitrogen and oxygen atoms in total. The van der Waals surface area contributed by atoms with Gasteiger partial charge in [0.25, 0.3) is 0 Å². The van der Waals surface area contributed by atoms with E-state index >= 15 is 0 Å². The second kappa shape index (κ2) is 7.95. The number of hydrogen-bond acceptors (Lipinski definition) is 2. The van der Waals surface area contributed by atoms with Crippen molar-refractivity contribution in [3.05, 3.63) is 102 Å². The van der Waals surface area contributed by atoms with Gasteiger partial charge in [-0.1, -0.05) is 77.9 Å². The zero-order valence-electron chi connectivity index (χ0n) is 16.0. The molecule has 0 aliphatic carbocycles. The fourth-order valence-corrected chi connectivity index (χ4v) is 3.61. The van der Waals surface area contributed by atoms with E-state index in [-0.39, 0.29) is 0 Å². The van der Waals surface area contributed by atoms with Crippen molar-refractivity contribution in [1.82, 2.24) is 0 Å². The van der Waals surface area contributed by atoms with Gasteiger partial charge in [0, 0.05) is 16.0 Å². The molecule has 4 rings (SSSR count). The lowest BCUT2D eigenvalue weighted by Crippen LogP contribution is -1.94. The summed E-state index contributed by atoms with van der Waals surface area (Å²) < 4.78 is 6.30. The fourth-order valence-electron chi connectivity index (χ4n) is 3.29. The van der Waals surface area contributed by atoms with Crippen LogP contribution in [0.2, 0.25) is 0 Å². The Balaban J connectivity index is 1.94. The van der Waals surface area contributed by atoms with E-state index in [1.807, 2.05) is 42.5 Å². The van der Waals surface area contributed by atoms with Crippen LogP contribution in [0, 0.1) is 13.8 Å². The first-order valence-electron chi connectivity index (χ1n) is 9.35. The van der Waals surface area contributed by atoms with E-state index in [0.29, 0.717) is 0 Å². The van der Waals surface area contributed by atoms with Crippen molar-refractivity contribution in [2.45, 2.75) is 18.7 Å². The minimum atomic E-state index is 0.817. The average Bonchev–Trinajstić information content (AvgIpc) is 2.71. The lowest BCUT2D eigenvalue weighted by atomic mass is 9.92. The van der Waals surface area contributed by atoms with Crippen molar-refractivity contribution in [2.75, 3.05) is 0 Å². The molecule has 0 aliphatic rings. The molecule has 0 bridgehead atoms. The van der Waals surface area contributed by atoms with Crippen molar-refractivity contribution < 1.29 is 4.74 Å². The second-order valence-corrected chi connectivity index (χ2v) is 7.46. The zero-order chi connectivity index (χ0) is 19.5. The molecule has 0 atom stereocenters. The molecule has 2 heteroatoms. The predicted octanol–water partition coefficient (Wildman–Crippen LogP) is 7.72. The summed E-state index contributed by atoms with van der Waals surface area (Å²) in [5.41, 5.74) is 6.85. The van der Waals surface area contributed by atoms with E-state index in [4.69, 9.17) is 17.4 Å². The summed E-state index contributed by atoms with van der Waals surface area (Å²) in [5.74, 6) is 1.64. The smallest absolute Gasteiger partial charge is 0.135 e. The van der Waals surface area contributed by atoms with Crippen LogP contribution in [0.1, 0.15) is 11.1 Å². The van der Waals surface area contributed by atoms with E-state index in [2.05, 4.69) is 62.4 Å². The van der Waals surface area contributed by atoms with Crippen LogP contribution in [0.3, 0.4) is 0 Å². The molecule has 0 heterocycles. The normalized spacial score (nSPS) is 10.7. The maximum atomic E-state index is 6.30. The van der Waals surface area contributed by atoms with E-state index < -0.39 is 0 Å². The first-order chi connectivity index (χ1) is 13.6. The molecule has 4 aromatic carbocycles. The third kappa shape index (κ3) is 3.83. The second-order valence-electron chi connectivity index (χ2n) is 6.98. The van der Waals surface area contributed by atoms with Crippen molar-refractivity contribution in [3.8, 4) is 33.8 Å². The van der Waals surface area contributed by atoms with Gasteiger partial charge in [0.05, 0.1) is 0 Å². The first kappa shape index (κ1) is 18.4. The quantitative estimate of drug-likeness (QED) is 0.355. The highest BCUT2D eigenvalue weighted by Crippen LogP contribution is 2.44. The minimum absolute atomic E-state index is 0.817. The molecule has 0 amide bonds. The topological polar surface area (TPSA) is 9.23 Å². The van der Waals surface area contributed by atoms with Gasteiger partial charge < -0.3 is 4.74 Å². The summed E-state index contributed by atoms with van der Waals surface area (Å²) >= 11 is 4.79. The number of aryl methyl sites for hydroxylation is 2. The highest BCUT2D eigenvalue weighted by molar-refractivity contribution is 7.80. The van der Waals surface area contributed by atoms with Crippen LogP contribution in [0.4, 0.5) is 0 Å². The van der Waals surface area contributed by atoms with Crippen molar-refractivity contribution in [3.63, 3.8) is 0 Å². The Morgan fingerprint density at radius 2 is 1.11 bits per heavy atom. The molecule has 28 heavy (non-hydrogen) atoms. The van der Waals surface area contributed by atoms with Gasteiger partial charge in [-0.2, -0.15) is 0 Å². The Bertz CT molecular complexity index is 1080. The predicted molar refractivity (Wildman–Crippen MR) is 121 cm³/mol. The molecule has 0 saturated carbocycles. The summed E-state index contributed by atoms with van der Waals surface area (Å²) in [5, 5.41) is 0. The Hall–Kier alpha value is -2.97. The number of ether oxygens (including phenoxy) is 1. The number of para-hydroxylation sites is 1. The largest absolute Gasteiger partial charge is 0.457 e. The van der Waals surface area contributed by atoms with Gasteiger partial charge in [-0.3, -0.25) is 0 Å². The van der Waals surface area contributed by atoms with Crippen LogP contribution >= 0.6 is 12.6 Å². The SMILES string of the molecule is Cc1ccc(-c2c(S)ccc(Oc3ccccc3)c2-c2ccc(C)cc2)cc1. The molecule has 0 N–H and O–H groups in total. The van der Waals surface area contributed by atoms with Crippen LogP contribution < -0.4 is 4.74 Å². The molecule has 0 aliphatic heterocycles. The first-order valence-corrected chi connectivity index (χ1v) is 9.79. The van der Waals surface area contributed by atoms with Gasteiger partial charge in [-0.25, -0.2) is 0 Å². The van der Waals surface area contributed by atoms with Gasteiger partial charge in [0.1, 0.15) is 11.5 Å². The van der Waals surface area contributed by atoms with Crippen molar-refractivity contribution in [2.24, 2.45) is 0 Å². The van der Waals surface area contributed by atoms with Crippen molar-refractivity contribution >= 4 is 12.6 Å². The molecule has 0 unspecified atom stereocenters. The average molecular weight is 383 g/mol. The number of thiol groups is 1. The van der Waals surface area contributed by atoms with E-state index in [1.54, 1.807) is 0 Å². The van der Waals surface area contributed by atoms with Crippen LogP contribution in [-0.4, -0.2) is 0 Å². The van der Waals surface area contributed by atoms with Gasteiger partial charge in [0.15, 0.2) is 0 Å². The standard InChI is InChI=1S/C26H22OS/c1-18-8-12-20(13-9-18)25-23(27-22-6-4-3-5-7-22)16-17-24(28)26(25)21-14-10-19(2)11-15-21/h3-17,28H,1-2H3. The molecule has 138 valence electrons. The fraction of sp³-hybridized carbons (Fsp3) is 0.0769. The number of hydrogen-bond donors (Lipinski definition) is 1. The van der Waals surface area contributed by atoms with Gasteiger partial charge in [-0.15, -0.1) is 12.6 Å². The molecule has 0 spiro atoms. The third-order valence-electron chi connectivity index (χ3n) is 4.80. The van der Waals surface area contributed by atoms with Crippen LogP contribution in [0.5, 0.6) is 11.5 Å². The number of benzene rings is 4. The summed E-state index contributed by atoms with van der Waals surface area (Å²) in [6.07, 6.45) is 0. The van der Waals surface area contributed by atoms with E-state index in [1.165, 1.54) is 11.1 Å². The lowest BCUT2D eigenvalue weighted by molar-refractivity contribution is 0.484. The Labute approximate surface area is 172 Å². The third-order valence-corrected chi connectivity index (χ3v) is 5.17. The monoisotopic (exact) mass is 382 g/mol. The van der Waals surface area contributed by atoms with Crippen LogP contribution in [0.15, 0.2) is 95.9 Å². The van der Waals surface area contributed by atoms with Crippen LogP contribution in [-0.2, 0) is 0 Å². The highest BCUT2D eigenvalue weighted by Gasteiger charge is 2.17. The molecular weight excluding hydrogens is 360 g/mol. The summed E-state index contributed by atoms with van der Waals surface area (Å²) in [6, 6.07) is 31.0. The molecule has 0 radical (unpaired) electrons. The van der Waals surface area contributed by atoms with E-state index in [9.17, 15) is 0 Å². The van der Waals surface area contributed by atoms with Gasteiger partial charge in [0.2, 0.25) is 0 Å². The van der Waals surface area contributed by atoms with E-state index in [0.717, 1.165) is 38.6 Å². The minimum Gasteiger partial charge on any atom is -0.457 e. The Kier molecular flexibility index (Phi) is 5.23. The lowest BCUT2D eigenvalue weighted by Gasteiger charge is -2.18. The maximum Gasteiger partial charge on any atom is 0.135 e.